The van der Waals surface area contributed by atoms with Crippen molar-refractivity contribution in [3.8, 4) is 28.2 Å². The molecule has 1 aromatic heterocycles. The van der Waals surface area contributed by atoms with Crippen LogP contribution in [-0.2, 0) is 0 Å². The van der Waals surface area contributed by atoms with E-state index in [1.807, 2.05) is 54.6 Å². The molecule has 29 heavy (non-hydrogen) atoms. The minimum Gasteiger partial charge on any atom is -0.394 e. The molecule has 1 atom stereocenters. The first-order chi connectivity index (χ1) is 14.3. The third kappa shape index (κ3) is 4.27. The van der Waals surface area contributed by atoms with Crippen LogP contribution >= 0.6 is 11.8 Å². The Morgan fingerprint density at radius 3 is 1.93 bits per heavy atom. The molecule has 4 aromatic rings. The predicted octanol–water partition coefficient (Wildman–Crippen LogP) is 4.65. The van der Waals surface area contributed by atoms with E-state index < -0.39 is 6.10 Å². The van der Waals surface area contributed by atoms with Crippen LogP contribution in [-0.4, -0.2) is 38.2 Å². The van der Waals surface area contributed by atoms with Crippen molar-refractivity contribution in [2.75, 3.05) is 12.4 Å². The third-order valence-corrected chi connectivity index (χ3v) is 5.65. The number of thioether (sulfide) groups is 1. The average molecular weight is 403 g/mol. The summed E-state index contributed by atoms with van der Waals surface area (Å²) in [5.41, 5.74) is 5.00. The molecular weight excluding hydrogens is 380 g/mol. The fourth-order valence-electron chi connectivity index (χ4n) is 3.20. The fraction of sp³-hybridized carbons (Fsp3) is 0.125. The van der Waals surface area contributed by atoms with E-state index in [0.717, 1.165) is 33.4 Å². The molecule has 0 aliphatic rings. The Morgan fingerprint density at radius 1 is 0.793 bits per heavy atom. The van der Waals surface area contributed by atoms with Gasteiger partial charge in [0, 0.05) is 22.6 Å². The number of para-hydroxylation sites is 1. The van der Waals surface area contributed by atoms with Crippen molar-refractivity contribution in [3.05, 3.63) is 91.0 Å². The molecule has 0 radical (unpaired) electrons. The maximum atomic E-state index is 9.88. The first-order valence-corrected chi connectivity index (χ1v) is 10.5. The van der Waals surface area contributed by atoms with Gasteiger partial charge in [0.2, 0.25) is 0 Å². The van der Waals surface area contributed by atoms with Gasteiger partial charge in [-0.15, -0.1) is 0 Å². The first kappa shape index (κ1) is 19.5. The summed E-state index contributed by atoms with van der Waals surface area (Å²) in [6.45, 7) is -0.268. The summed E-state index contributed by atoms with van der Waals surface area (Å²) in [4.78, 5) is 4.97. The Hall–Kier alpha value is -2.86. The maximum absolute atomic E-state index is 9.88. The smallest absolute Gasteiger partial charge is 0.173 e. The van der Waals surface area contributed by atoms with E-state index in [-0.39, 0.29) is 6.61 Å². The SMILES string of the molecule is OCC(O)CSc1nc(-c2ccccc2)c(-c2ccccc2)n1-c1ccccc1. The Balaban J connectivity index is 1.95. The van der Waals surface area contributed by atoms with E-state index in [1.54, 1.807) is 0 Å². The van der Waals surface area contributed by atoms with Gasteiger partial charge in [-0.05, 0) is 12.1 Å². The Labute approximate surface area is 174 Å². The number of aliphatic hydroxyl groups is 2. The lowest BCUT2D eigenvalue weighted by molar-refractivity contribution is 0.113. The van der Waals surface area contributed by atoms with Gasteiger partial charge in [0.15, 0.2) is 5.16 Å². The van der Waals surface area contributed by atoms with Gasteiger partial charge >= 0.3 is 0 Å². The van der Waals surface area contributed by atoms with Crippen LogP contribution in [0.25, 0.3) is 28.2 Å². The van der Waals surface area contributed by atoms with E-state index in [2.05, 4.69) is 41.0 Å². The van der Waals surface area contributed by atoms with Crippen molar-refractivity contribution in [2.24, 2.45) is 0 Å². The molecule has 1 heterocycles. The van der Waals surface area contributed by atoms with Crippen LogP contribution in [0.1, 0.15) is 0 Å². The lowest BCUT2D eigenvalue weighted by atomic mass is 10.0. The number of aliphatic hydroxyl groups excluding tert-OH is 2. The van der Waals surface area contributed by atoms with Crippen LogP contribution in [0.5, 0.6) is 0 Å². The molecule has 0 saturated carbocycles. The molecule has 0 aliphatic heterocycles. The van der Waals surface area contributed by atoms with Crippen molar-refractivity contribution in [1.82, 2.24) is 9.55 Å². The standard InChI is InChI=1S/C24H22N2O2S/c27-16-21(28)17-29-24-25-22(18-10-4-1-5-11-18)23(19-12-6-2-7-13-19)26(24)20-14-8-3-9-15-20/h1-15,21,27-28H,16-17H2. The lowest BCUT2D eigenvalue weighted by Crippen LogP contribution is -2.15. The first-order valence-electron chi connectivity index (χ1n) is 9.48. The Kier molecular flexibility index (Phi) is 6.10. The van der Waals surface area contributed by atoms with Crippen LogP contribution in [0.2, 0.25) is 0 Å². The highest BCUT2D eigenvalue weighted by Gasteiger charge is 2.22. The minimum absolute atomic E-state index is 0.268. The molecule has 4 nitrogen and oxygen atoms in total. The average Bonchev–Trinajstić information content (AvgIpc) is 3.18. The number of imidazole rings is 1. The quantitative estimate of drug-likeness (QED) is 0.442. The number of rotatable bonds is 7. The molecule has 0 spiro atoms. The van der Waals surface area contributed by atoms with Gasteiger partial charge in [0.05, 0.1) is 24.1 Å². The zero-order valence-electron chi connectivity index (χ0n) is 15.8. The summed E-state index contributed by atoms with van der Waals surface area (Å²) in [6.07, 6.45) is -0.790. The highest BCUT2D eigenvalue weighted by atomic mass is 32.2. The fourth-order valence-corrected chi connectivity index (χ4v) is 4.12. The molecule has 3 aromatic carbocycles. The molecule has 5 heteroatoms. The number of hydrogen-bond acceptors (Lipinski definition) is 4. The molecule has 0 fully saturated rings. The zero-order chi connectivity index (χ0) is 20.1. The molecular formula is C24H22N2O2S. The second kappa shape index (κ2) is 9.09. The van der Waals surface area contributed by atoms with Gasteiger partial charge in [-0.25, -0.2) is 4.98 Å². The number of hydrogen-bond donors (Lipinski definition) is 2. The molecule has 0 amide bonds. The van der Waals surface area contributed by atoms with Crippen LogP contribution < -0.4 is 0 Å². The zero-order valence-corrected chi connectivity index (χ0v) is 16.7. The maximum Gasteiger partial charge on any atom is 0.173 e. The molecule has 2 N–H and O–H groups in total. The van der Waals surface area contributed by atoms with Crippen LogP contribution in [0, 0.1) is 0 Å². The highest BCUT2D eigenvalue weighted by Crippen LogP contribution is 2.38. The van der Waals surface area contributed by atoms with Gasteiger partial charge in [-0.2, -0.15) is 0 Å². The summed E-state index contributed by atoms with van der Waals surface area (Å²) in [7, 11) is 0. The van der Waals surface area contributed by atoms with Crippen LogP contribution in [0.4, 0.5) is 0 Å². The molecule has 0 saturated heterocycles. The lowest BCUT2D eigenvalue weighted by Gasteiger charge is -2.14. The Bertz CT molecular complexity index is 1050. The predicted molar refractivity (Wildman–Crippen MR) is 118 cm³/mol. The normalized spacial score (nSPS) is 12.1. The van der Waals surface area contributed by atoms with E-state index in [1.165, 1.54) is 11.8 Å². The van der Waals surface area contributed by atoms with Crippen LogP contribution in [0.15, 0.2) is 96.2 Å². The van der Waals surface area contributed by atoms with Crippen molar-refractivity contribution in [3.63, 3.8) is 0 Å². The van der Waals surface area contributed by atoms with Gasteiger partial charge in [-0.1, -0.05) is 90.6 Å². The van der Waals surface area contributed by atoms with Crippen molar-refractivity contribution in [2.45, 2.75) is 11.3 Å². The van der Waals surface area contributed by atoms with E-state index in [0.29, 0.717) is 5.75 Å². The second-order valence-electron chi connectivity index (χ2n) is 6.64. The van der Waals surface area contributed by atoms with Gasteiger partial charge in [-0.3, -0.25) is 4.57 Å². The summed E-state index contributed by atoms with van der Waals surface area (Å²) < 4.78 is 2.13. The summed E-state index contributed by atoms with van der Waals surface area (Å²) in [5, 5.41) is 19.9. The van der Waals surface area contributed by atoms with E-state index in [9.17, 15) is 10.2 Å². The minimum atomic E-state index is -0.790. The number of benzene rings is 3. The molecule has 0 bridgehead atoms. The van der Waals surface area contributed by atoms with Crippen LogP contribution in [0.3, 0.4) is 0 Å². The highest BCUT2D eigenvalue weighted by molar-refractivity contribution is 7.99. The number of nitrogens with zero attached hydrogens (tertiary/aromatic N) is 2. The molecule has 0 aliphatic carbocycles. The number of aromatic nitrogens is 2. The third-order valence-electron chi connectivity index (χ3n) is 4.57. The summed E-state index contributed by atoms with van der Waals surface area (Å²) in [6, 6.07) is 30.4. The van der Waals surface area contributed by atoms with Gasteiger partial charge in [0.25, 0.3) is 0 Å². The molecule has 4 rings (SSSR count). The largest absolute Gasteiger partial charge is 0.394 e. The summed E-state index contributed by atoms with van der Waals surface area (Å²) in [5.74, 6) is 0.364. The molecule has 1 unspecified atom stereocenters. The van der Waals surface area contributed by atoms with Crippen molar-refractivity contribution < 1.29 is 10.2 Å². The van der Waals surface area contributed by atoms with E-state index >= 15 is 0 Å². The summed E-state index contributed by atoms with van der Waals surface area (Å²) >= 11 is 1.44. The Morgan fingerprint density at radius 2 is 1.34 bits per heavy atom. The molecule has 146 valence electrons. The topological polar surface area (TPSA) is 58.3 Å². The monoisotopic (exact) mass is 402 g/mol. The van der Waals surface area contributed by atoms with Gasteiger partial charge < -0.3 is 10.2 Å². The van der Waals surface area contributed by atoms with Crippen molar-refractivity contribution >= 4 is 11.8 Å². The van der Waals surface area contributed by atoms with Crippen molar-refractivity contribution in [1.29, 1.82) is 0 Å². The second-order valence-corrected chi connectivity index (χ2v) is 7.63. The van der Waals surface area contributed by atoms with Gasteiger partial charge in [0.1, 0.15) is 0 Å². The van der Waals surface area contributed by atoms with E-state index in [4.69, 9.17) is 4.98 Å².